The molecule has 0 aromatic heterocycles. The van der Waals surface area contributed by atoms with Gasteiger partial charge >= 0.3 is 0 Å². The molecule has 1 aliphatic rings. The molecule has 1 N–H and O–H groups in total. The minimum Gasteiger partial charge on any atom is -0.378 e. The highest BCUT2D eigenvalue weighted by molar-refractivity contribution is 5.91. The summed E-state index contributed by atoms with van der Waals surface area (Å²) < 4.78 is 0. The molecule has 0 radical (unpaired) electrons. The monoisotopic (exact) mass is 258 g/mol. The van der Waals surface area contributed by atoms with Gasteiger partial charge in [0.1, 0.15) is 0 Å². The highest BCUT2D eigenvalue weighted by Crippen LogP contribution is 2.17. The maximum Gasteiger partial charge on any atom is 0.244 e. The summed E-state index contributed by atoms with van der Waals surface area (Å²) in [5.41, 5.74) is 2.21. The smallest absolute Gasteiger partial charge is 0.244 e. The average molecular weight is 258 g/mol. The third kappa shape index (κ3) is 4.12. The molecular formula is C16H22N2O. The first-order valence-electron chi connectivity index (χ1n) is 6.91. The van der Waals surface area contributed by atoms with Gasteiger partial charge in [-0.15, -0.1) is 0 Å². The number of carbonyl (C=O) groups excluding carboxylic acids is 1. The number of anilines is 1. The highest BCUT2D eigenvalue weighted by atomic mass is 16.1. The van der Waals surface area contributed by atoms with Crippen LogP contribution < -0.4 is 10.2 Å². The van der Waals surface area contributed by atoms with E-state index in [9.17, 15) is 4.79 Å². The predicted octanol–water partition coefficient (Wildman–Crippen LogP) is 2.82. The Morgan fingerprint density at radius 2 is 1.84 bits per heavy atom. The number of hydrogen-bond acceptors (Lipinski definition) is 2. The highest BCUT2D eigenvalue weighted by Gasteiger charge is 2.15. The molecule has 0 atom stereocenters. The third-order valence-electron chi connectivity index (χ3n) is 3.54. The number of nitrogens with zero attached hydrogens (tertiary/aromatic N) is 1. The Balaban J connectivity index is 1.88. The summed E-state index contributed by atoms with van der Waals surface area (Å²) in [7, 11) is 4.03. The Morgan fingerprint density at radius 3 is 2.42 bits per heavy atom. The molecule has 3 nitrogen and oxygen atoms in total. The molecule has 19 heavy (non-hydrogen) atoms. The van der Waals surface area contributed by atoms with Crippen LogP contribution in [0.1, 0.15) is 31.2 Å². The normalized spacial score (nSPS) is 15.9. The van der Waals surface area contributed by atoms with Crippen molar-refractivity contribution in [2.75, 3.05) is 19.0 Å². The van der Waals surface area contributed by atoms with Crippen LogP contribution >= 0.6 is 0 Å². The Hall–Kier alpha value is -1.77. The SMILES string of the molecule is CN(C)c1ccc(C=CC(=O)NC2CCCC2)cc1. The molecule has 0 spiro atoms. The molecule has 2 rings (SSSR count). The molecular weight excluding hydrogens is 236 g/mol. The summed E-state index contributed by atoms with van der Waals surface area (Å²) in [6, 6.07) is 8.53. The molecule has 1 aromatic rings. The second-order valence-electron chi connectivity index (χ2n) is 5.31. The van der Waals surface area contributed by atoms with Crippen molar-refractivity contribution >= 4 is 17.7 Å². The standard InChI is InChI=1S/C16H22N2O/c1-18(2)15-10-7-13(8-11-15)9-12-16(19)17-14-5-3-4-6-14/h7-12,14H,3-6H2,1-2H3,(H,17,19). The van der Waals surface area contributed by atoms with Gasteiger partial charge in [-0.1, -0.05) is 25.0 Å². The molecule has 102 valence electrons. The Bertz CT molecular complexity index is 442. The van der Waals surface area contributed by atoms with Crippen LogP contribution in [-0.4, -0.2) is 26.0 Å². The van der Waals surface area contributed by atoms with Gasteiger partial charge in [-0.25, -0.2) is 0 Å². The van der Waals surface area contributed by atoms with E-state index in [4.69, 9.17) is 0 Å². The molecule has 1 aromatic carbocycles. The summed E-state index contributed by atoms with van der Waals surface area (Å²) in [6.45, 7) is 0. The first kappa shape index (κ1) is 13.7. The van der Waals surface area contributed by atoms with Gasteiger partial charge in [-0.05, 0) is 36.6 Å². The van der Waals surface area contributed by atoms with Crippen molar-refractivity contribution in [2.24, 2.45) is 0 Å². The van der Waals surface area contributed by atoms with Crippen LogP contribution in [0.2, 0.25) is 0 Å². The first-order chi connectivity index (χ1) is 9.15. The lowest BCUT2D eigenvalue weighted by molar-refractivity contribution is -0.117. The zero-order valence-corrected chi connectivity index (χ0v) is 11.7. The van der Waals surface area contributed by atoms with Crippen molar-refractivity contribution in [1.29, 1.82) is 0 Å². The van der Waals surface area contributed by atoms with Crippen molar-refractivity contribution in [3.05, 3.63) is 35.9 Å². The van der Waals surface area contributed by atoms with E-state index in [1.807, 2.05) is 32.3 Å². The van der Waals surface area contributed by atoms with Gasteiger partial charge in [0, 0.05) is 31.9 Å². The third-order valence-corrected chi connectivity index (χ3v) is 3.54. The lowest BCUT2D eigenvalue weighted by Gasteiger charge is -2.12. The zero-order valence-electron chi connectivity index (χ0n) is 11.7. The van der Waals surface area contributed by atoms with Crippen LogP contribution in [0, 0.1) is 0 Å². The molecule has 0 unspecified atom stereocenters. The molecule has 1 fully saturated rings. The molecule has 3 heteroatoms. The molecule has 0 aliphatic heterocycles. The van der Waals surface area contributed by atoms with E-state index in [2.05, 4.69) is 22.3 Å². The van der Waals surface area contributed by atoms with Crippen LogP contribution in [0.15, 0.2) is 30.3 Å². The molecule has 1 amide bonds. The van der Waals surface area contributed by atoms with Crippen molar-refractivity contribution < 1.29 is 4.79 Å². The lowest BCUT2D eigenvalue weighted by Crippen LogP contribution is -2.30. The van der Waals surface area contributed by atoms with Crippen LogP contribution in [0.25, 0.3) is 6.08 Å². The Morgan fingerprint density at radius 1 is 1.21 bits per heavy atom. The number of rotatable bonds is 4. The van der Waals surface area contributed by atoms with Gasteiger partial charge in [0.05, 0.1) is 0 Å². The van der Waals surface area contributed by atoms with Gasteiger partial charge in [-0.2, -0.15) is 0 Å². The van der Waals surface area contributed by atoms with Gasteiger partial charge in [0.25, 0.3) is 0 Å². The van der Waals surface area contributed by atoms with Crippen LogP contribution in [0.4, 0.5) is 5.69 Å². The van der Waals surface area contributed by atoms with Crippen molar-refractivity contribution in [1.82, 2.24) is 5.32 Å². The van der Waals surface area contributed by atoms with Crippen LogP contribution in [-0.2, 0) is 4.79 Å². The topological polar surface area (TPSA) is 32.3 Å². The van der Waals surface area contributed by atoms with Gasteiger partial charge in [-0.3, -0.25) is 4.79 Å². The van der Waals surface area contributed by atoms with E-state index in [0.717, 1.165) is 24.1 Å². The van der Waals surface area contributed by atoms with Crippen molar-refractivity contribution in [3.8, 4) is 0 Å². The summed E-state index contributed by atoms with van der Waals surface area (Å²) in [6.07, 6.45) is 8.21. The molecule has 1 aliphatic carbocycles. The van der Waals surface area contributed by atoms with Crippen molar-refractivity contribution in [2.45, 2.75) is 31.7 Å². The maximum absolute atomic E-state index is 11.7. The van der Waals surface area contributed by atoms with Gasteiger partial charge < -0.3 is 10.2 Å². The fourth-order valence-electron chi connectivity index (χ4n) is 2.37. The van der Waals surface area contributed by atoms with E-state index in [1.165, 1.54) is 12.8 Å². The summed E-state index contributed by atoms with van der Waals surface area (Å²) in [5, 5.41) is 3.04. The number of nitrogens with one attached hydrogen (secondary N) is 1. The Labute approximate surface area is 115 Å². The average Bonchev–Trinajstić information content (AvgIpc) is 2.89. The largest absolute Gasteiger partial charge is 0.378 e. The Kier molecular flexibility index (Phi) is 4.61. The van der Waals surface area contributed by atoms with Crippen LogP contribution in [0.3, 0.4) is 0 Å². The maximum atomic E-state index is 11.7. The molecule has 0 heterocycles. The first-order valence-corrected chi connectivity index (χ1v) is 6.91. The quantitative estimate of drug-likeness (QED) is 0.842. The predicted molar refractivity (Wildman–Crippen MR) is 80.2 cm³/mol. The van der Waals surface area contributed by atoms with Crippen molar-refractivity contribution in [3.63, 3.8) is 0 Å². The van der Waals surface area contributed by atoms with Crippen LogP contribution in [0.5, 0.6) is 0 Å². The summed E-state index contributed by atoms with van der Waals surface area (Å²) in [5.74, 6) is 0.0172. The van der Waals surface area contributed by atoms with E-state index in [0.29, 0.717) is 6.04 Å². The minimum absolute atomic E-state index is 0.0172. The van der Waals surface area contributed by atoms with Gasteiger partial charge in [0.2, 0.25) is 5.91 Å². The second kappa shape index (κ2) is 6.41. The zero-order chi connectivity index (χ0) is 13.7. The second-order valence-corrected chi connectivity index (χ2v) is 5.31. The van der Waals surface area contributed by atoms with Gasteiger partial charge in [0.15, 0.2) is 0 Å². The number of benzene rings is 1. The fourth-order valence-corrected chi connectivity index (χ4v) is 2.37. The lowest BCUT2D eigenvalue weighted by atomic mass is 10.2. The summed E-state index contributed by atoms with van der Waals surface area (Å²) in [4.78, 5) is 13.8. The van der Waals surface area contributed by atoms with E-state index in [-0.39, 0.29) is 5.91 Å². The fraction of sp³-hybridized carbons (Fsp3) is 0.438. The van der Waals surface area contributed by atoms with E-state index >= 15 is 0 Å². The minimum atomic E-state index is 0.0172. The van der Waals surface area contributed by atoms with E-state index in [1.54, 1.807) is 6.08 Å². The number of carbonyl (C=O) groups is 1. The summed E-state index contributed by atoms with van der Waals surface area (Å²) >= 11 is 0. The molecule has 0 bridgehead atoms. The molecule has 1 saturated carbocycles. The number of amides is 1. The van der Waals surface area contributed by atoms with E-state index < -0.39 is 0 Å². The molecule has 0 saturated heterocycles. The number of hydrogen-bond donors (Lipinski definition) is 1.